The number of nitrogens with zero attached hydrogens (tertiary/aromatic N) is 1. The van der Waals surface area contributed by atoms with Gasteiger partial charge in [0.05, 0.1) is 19.1 Å². The molecule has 0 aliphatic carbocycles. The molecular formula is C23H21NO4. The Morgan fingerprint density at radius 2 is 1.86 bits per heavy atom. The van der Waals surface area contributed by atoms with Crippen LogP contribution in [0.15, 0.2) is 54.6 Å². The van der Waals surface area contributed by atoms with Crippen LogP contribution < -0.4 is 9.64 Å². The highest BCUT2D eigenvalue weighted by molar-refractivity contribution is 6.13. The van der Waals surface area contributed by atoms with Crippen LogP contribution in [0.4, 0.5) is 5.69 Å². The third-order valence-corrected chi connectivity index (χ3v) is 4.85. The molecule has 3 aromatic rings. The molecule has 0 aromatic heterocycles. The average Bonchev–Trinajstić information content (AvgIpc) is 2.98. The van der Waals surface area contributed by atoms with Crippen molar-refractivity contribution < 1.29 is 19.4 Å². The standard InChI is InChI=1S/C23H21NO4/c1-14(2)28-22-18-6-4-3-5-16(18)12-19-20(22)13-24(23(19)27)17-9-7-15(8-10-17)11-21(25)26/h3-10,12,14H,11,13H2,1-2H3,(H,25,26). The van der Waals surface area contributed by atoms with E-state index in [4.69, 9.17) is 9.84 Å². The highest BCUT2D eigenvalue weighted by Gasteiger charge is 2.32. The monoisotopic (exact) mass is 375 g/mol. The van der Waals surface area contributed by atoms with Crippen molar-refractivity contribution in [2.24, 2.45) is 0 Å². The number of carboxylic acids is 1. The Labute approximate surface area is 163 Å². The fourth-order valence-corrected chi connectivity index (χ4v) is 3.63. The summed E-state index contributed by atoms with van der Waals surface area (Å²) in [4.78, 5) is 25.7. The number of carboxylic acid groups (broad SMARTS) is 1. The van der Waals surface area contributed by atoms with E-state index in [0.717, 1.165) is 27.8 Å². The lowest BCUT2D eigenvalue weighted by molar-refractivity contribution is -0.136. The predicted molar refractivity (Wildman–Crippen MR) is 108 cm³/mol. The zero-order chi connectivity index (χ0) is 19.8. The molecule has 0 saturated heterocycles. The van der Waals surface area contributed by atoms with Gasteiger partial charge in [0, 0.05) is 22.2 Å². The first-order valence-corrected chi connectivity index (χ1v) is 9.28. The van der Waals surface area contributed by atoms with Crippen LogP contribution in [0, 0.1) is 0 Å². The summed E-state index contributed by atoms with van der Waals surface area (Å²) in [5.74, 6) is -0.179. The number of carbonyl (C=O) groups excluding carboxylic acids is 1. The van der Waals surface area contributed by atoms with Gasteiger partial charge in [-0.15, -0.1) is 0 Å². The number of fused-ring (bicyclic) bond motifs is 2. The number of anilines is 1. The summed E-state index contributed by atoms with van der Waals surface area (Å²) in [7, 11) is 0. The second-order valence-electron chi connectivity index (χ2n) is 7.25. The minimum Gasteiger partial charge on any atom is -0.490 e. The van der Waals surface area contributed by atoms with E-state index in [1.165, 1.54) is 0 Å². The molecular weight excluding hydrogens is 354 g/mol. The number of aliphatic carboxylic acids is 1. The van der Waals surface area contributed by atoms with Gasteiger partial charge in [0.2, 0.25) is 0 Å². The lowest BCUT2D eigenvalue weighted by atomic mass is 10.0. The molecule has 28 heavy (non-hydrogen) atoms. The largest absolute Gasteiger partial charge is 0.490 e. The number of hydrogen-bond acceptors (Lipinski definition) is 3. The van der Waals surface area contributed by atoms with Crippen molar-refractivity contribution in [1.82, 2.24) is 0 Å². The lowest BCUT2D eigenvalue weighted by Crippen LogP contribution is -2.22. The molecule has 0 saturated carbocycles. The third kappa shape index (κ3) is 3.20. The summed E-state index contributed by atoms with van der Waals surface area (Å²) in [5.41, 5.74) is 3.00. The SMILES string of the molecule is CC(C)Oc1c2c(cc3ccccc13)C(=O)N(c1ccc(CC(=O)O)cc1)C2. The number of carbonyl (C=O) groups is 2. The van der Waals surface area contributed by atoms with Gasteiger partial charge in [0.25, 0.3) is 5.91 Å². The second kappa shape index (κ2) is 7.00. The molecule has 0 unspecified atom stereocenters. The highest BCUT2D eigenvalue weighted by Crippen LogP contribution is 2.40. The molecule has 1 amide bonds. The van der Waals surface area contributed by atoms with Gasteiger partial charge in [-0.25, -0.2) is 0 Å². The zero-order valence-electron chi connectivity index (χ0n) is 15.8. The zero-order valence-corrected chi connectivity index (χ0v) is 15.8. The second-order valence-corrected chi connectivity index (χ2v) is 7.25. The van der Waals surface area contributed by atoms with E-state index in [-0.39, 0.29) is 18.4 Å². The van der Waals surface area contributed by atoms with Crippen LogP contribution in [-0.2, 0) is 17.8 Å². The van der Waals surface area contributed by atoms with Gasteiger partial charge in [-0.05, 0) is 43.0 Å². The number of benzene rings is 3. The van der Waals surface area contributed by atoms with Crippen molar-refractivity contribution >= 4 is 28.3 Å². The molecule has 1 aliphatic heterocycles. The quantitative estimate of drug-likeness (QED) is 0.717. The van der Waals surface area contributed by atoms with Crippen molar-refractivity contribution in [1.29, 1.82) is 0 Å². The molecule has 142 valence electrons. The minimum absolute atomic E-state index is 0.00522. The van der Waals surface area contributed by atoms with Crippen LogP contribution in [0.3, 0.4) is 0 Å². The van der Waals surface area contributed by atoms with Gasteiger partial charge in [0.15, 0.2) is 0 Å². The molecule has 1 N–H and O–H groups in total. The maximum atomic E-state index is 13.1. The van der Waals surface area contributed by atoms with Gasteiger partial charge in [-0.1, -0.05) is 36.4 Å². The normalized spacial score (nSPS) is 13.2. The first kappa shape index (κ1) is 18.0. The molecule has 1 heterocycles. The van der Waals surface area contributed by atoms with Crippen LogP contribution >= 0.6 is 0 Å². The van der Waals surface area contributed by atoms with Crippen LogP contribution in [-0.4, -0.2) is 23.1 Å². The maximum absolute atomic E-state index is 13.1. The van der Waals surface area contributed by atoms with Crippen LogP contribution in [0.2, 0.25) is 0 Å². The van der Waals surface area contributed by atoms with Crippen LogP contribution in [0.5, 0.6) is 5.75 Å². The number of rotatable bonds is 5. The first-order valence-electron chi connectivity index (χ1n) is 9.28. The predicted octanol–water partition coefficient (Wildman–Crippen LogP) is 4.41. The summed E-state index contributed by atoms with van der Waals surface area (Å²) in [6.07, 6.45) is -0.0407. The molecule has 0 radical (unpaired) electrons. The van der Waals surface area contributed by atoms with Crippen LogP contribution in [0.25, 0.3) is 10.8 Å². The lowest BCUT2D eigenvalue weighted by Gasteiger charge is -2.17. The van der Waals surface area contributed by atoms with Crippen molar-refractivity contribution in [2.45, 2.75) is 32.9 Å². The Bertz CT molecular complexity index is 1070. The van der Waals surface area contributed by atoms with E-state index in [9.17, 15) is 9.59 Å². The molecule has 5 nitrogen and oxygen atoms in total. The summed E-state index contributed by atoms with van der Waals surface area (Å²) in [6, 6.07) is 16.9. The fourth-order valence-electron chi connectivity index (χ4n) is 3.63. The Morgan fingerprint density at radius 1 is 1.14 bits per heavy atom. The Balaban J connectivity index is 1.75. The number of ether oxygens (including phenoxy) is 1. The van der Waals surface area contributed by atoms with Crippen molar-refractivity contribution in [3.05, 3.63) is 71.3 Å². The maximum Gasteiger partial charge on any atom is 0.307 e. The van der Waals surface area contributed by atoms with E-state index in [2.05, 4.69) is 0 Å². The fraction of sp³-hybridized carbons (Fsp3) is 0.217. The Kier molecular flexibility index (Phi) is 4.51. The summed E-state index contributed by atoms with van der Waals surface area (Å²) >= 11 is 0. The minimum atomic E-state index is -0.875. The molecule has 0 fully saturated rings. The summed E-state index contributed by atoms with van der Waals surface area (Å²) in [6.45, 7) is 4.38. The average molecular weight is 375 g/mol. The molecule has 0 spiro atoms. The Hall–Kier alpha value is -3.34. The molecule has 0 bridgehead atoms. The molecule has 0 atom stereocenters. The van der Waals surface area contributed by atoms with E-state index < -0.39 is 5.97 Å². The van der Waals surface area contributed by atoms with Crippen molar-refractivity contribution in [3.8, 4) is 5.75 Å². The van der Waals surface area contributed by atoms with E-state index in [0.29, 0.717) is 17.7 Å². The van der Waals surface area contributed by atoms with E-state index in [1.54, 1.807) is 29.2 Å². The third-order valence-electron chi connectivity index (χ3n) is 4.85. The van der Waals surface area contributed by atoms with Gasteiger partial charge in [0.1, 0.15) is 5.75 Å². The number of amides is 1. The molecule has 5 heteroatoms. The Morgan fingerprint density at radius 3 is 2.54 bits per heavy atom. The van der Waals surface area contributed by atoms with Gasteiger partial charge in [-0.3, -0.25) is 9.59 Å². The molecule has 4 rings (SSSR count). The molecule has 1 aliphatic rings. The topological polar surface area (TPSA) is 66.8 Å². The summed E-state index contributed by atoms with van der Waals surface area (Å²) in [5, 5.41) is 10.9. The van der Waals surface area contributed by atoms with Gasteiger partial charge in [-0.2, -0.15) is 0 Å². The van der Waals surface area contributed by atoms with E-state index in [1.807, 2.05) is 44.2 Å². The smallest absolute Gasteiger partial charge is 0.307 e. The molecule has 3 aromatic carbocycles. The van der Waals surface area contributed by atoms with Crippen molar-refractivity contribution in [3.63, 3.8) is 0 Å². The summed E-state index contributed by atoms with van der Waals surface area (Å²) < 4.78 is 6.12. The van der Waals surface area contributed by atoms with Crippen LogP contribution in [0.1, 0.15) is 35.3 Å². The van der Waals surface area contributed by atoms with Crippen molar-refractivity contribution in [2.75, 3.05) is 4.90 Å². The van der Waals surface area contributed by atoms with E-state index >= 15 is 0 Å². The highest BCUT2D eigenvalue weighted by atomic mass is 16.5. The first-order chi connectivity index (χ1) is 13.4. The van der Waals surface area contributed by atoms with Gasteiger partial charge >= 0.3 is 5.97 Å². The number of hydrogen-bond donors (Lipinski definition) is 1. The van der Waals surface area contributed by atoms with Gasteiger partial charge < -0.3 is 14.7 Å².